The van der Waals surface area contributed by atoms with Gasteiger partial charge >= 0.3 is 0 Å². The van der Waals surface area contributed by atoms with E-state index in [2.05, 4.69) is 64.6 Å². The highest BCUT2D eigenvalue weighted by Crippen LogP contribution is 2.53. The summed E-state index contributed by atoms with van der Waals surface area (Å²) >= 11 is 3.72. The van der Waals surface area contributed by atoms with E-state index in [1.165, 1.54) is 43.2 Å². The average molecular weight is 470 g/mol. The van der Waals surface area contributed by atoms with Gasteiger partial charge in [-0.05, 0) is 102 Å². The first kappa shape index (κ1) is 20.4. The minimum atomic E-state index is 0.530. The van der Waals surface area contributed by atoms with Crippen LogP contribution in [0.3, 0.4) is 0 Å². The number of hydrogen-bond acceptors (Lipinski definition) is 3. The summed E-state index contributed by atoms with van der Waals surface area (Å²) in [5.74, 6) is 5.39. The molecule has 6 rings (SSSR count). The summed E-state index contributed by atoms with van der Waals surface area (Å²) in [6, 6.07) is 13.4. The second kappa shape index (κ2) is 8.55. The van der Waals surface area contributed by atoms with Gasteiger partial charge in [0.05, 0.1) is 11.6 Å². The van der Waals surface area contributed by atoms with E-state index in [0.29, 0.717) is 12.6 Å². The minimum absolute atomic E-state index is 0.530. The number of benzene rings is 2. The van der Waals surface area contributed by atoms with Crippen molar-refractivity contribution in [3.63, 3.8) is 0 Å². The summed E-state index contributed by atoms with van der Waals surface area (Å²) in [5.41, 5.74) is 3.65. The minimum Gasteiger partial charge on any atom is -0.493 e. The van der Waals surface area contributed by atoms with Crippen LogP contribution in [0.1, 0.15) is 48.8 Å². The van der Waals surface area contributed by atoms with Gasteiger partial charge < -0.3 is 14.8 Å². The number of aryl methyl sites for hydroxylation is 1. The fourth-order valence-electron chi connectivity index (χ4n) is 6.47. The lowest BCUT2D eigenvalue weighted by atomic mass is 9.54. The van der Waals surface area contributed by atoms with Crippen molar-refractivity contribution in [2.45, 2.75) is 58.2 Å². The van der Waals surface area contributed by atoms with Gasteiger partial charge in [0.2, 0.25) is 0 Å². The number of methoxy groups -OCH3 is 1. The number of rotatable bonds is 7. The third kappa shape index (κ3) is 4.13. The number of nitrogens with one attached hydrogen (secondary N) is 1. The number of ether oxygens (including phenoxy) is 2. The zero-order valence-electron chi connectivity index (χ0n) is 18.0. The molecule has 2 aromatic carbocycles. The highest BCUT2D eigenvalue weighted by molar-refractivity contribution is 9.10. The van der Waals surface area contributed by atoms with Crippen LogP contribution in [0.15, 0.2) is 40.9 Å². The van der Waals surface area contributed by atoms with Crippen molar-refractivity contribution < 1.29 is 9.47 Å². The monoisotopic (exact) mass is 469 g/mol. The first-order valence-corrected chi connectivity index (χ1v) is 12.2. The lowest BCUT2D eigenvalue weighted by molar-refractivity contribution is -0.0142. The van der Waals surface area contributed by atoms with Crippen LogP contribution in [0.4, 0.5) is 0 Å². The van der Waals surface area contributed by atoms with Gasteiger partial charge in [-0.1, -0.05) is 29.8 Å². The van der Waals surface area contributed by atoms with Crippen molar-refractivity contribution in [1.82, 2.24) is 5.32 Å². The van der Waals surface area contributed by atoms with E-state index >= 15 is 0 Å². The Balaban J connectivity index is 1.25. The average Bonchev–Trinajstić information content (AvgIpc) is 2.71. The molecule has 1 N–H and O–H groups in total. The summed E-state index contributed by atoms with van der Waals surface area (Å²) < 4.78 is 12.8. The Morgan fingerprint density at radius 3 is 2.37 bits per heavy atom. The molecule has 0 aliphatic heterocycles. The molecule has 4 aliphatic carbocycles. The van der Waals surface area contributed by atoms with Gasteiger partial charge in [0.25, 0.3) is 0 Å². The van der Waals surface area contributed by atoms with E-state index in [4.69, 9.17) is 9.47 Å². The number of halogens is 1. The Morgan fingerprint density at radius 1 is 0.967 bits per heavy atom. The molecule has 0 aromatic heterocycles. The van der Waals surface area contributed by atoms with Crippen LogP contribution in [-0.4, -0.2) is 13.2 Å². The van der Waals surface area contributed by atoms with Crippen molar-refractivity contribution in [3.8, 4) is 11.5 Å². The lowest BCUT2D eigenvalue weighted by Crippen LogP contribution is -2.54. The van der Waals surface area contributed by atoms with Crippen LogP contribution < -0.4 is 14.8 Å². The van der Waals surface area contributed by atoms with Crippen LogP contribution in [0, 0.1) is 30.6 Å². The van der Waals surface area contributed by atoms with Crippen molar-refractivity contribution in [3.05, 3.63) is 57.6 Å². The zero-order valence-corrected chi connectivity index (χ0v) is 19.6. The summed E-state index contributed by atoms with van der Waals surface area (Å²) in [6.07, 6.45) is 7.30. The second-order valence-electron chi connectivity index (χ2n) is 9.72. The fraction of sp³-hybridized carbons (Fsp3) is 0.538. The normalized spacial score (nSPS) is 29.2. The quantitative estimate of drug-likeness (QED) is 0.518. The molecule has 4 saturated carbocycles. The molecule has 0 radical (unpaired) electrons. The van der Waals surface area contributed by atoms with Gasteiger partial charge in [-0.25, -0.2) is 0 Å². The van der Waals surface area contributed by atoms with Crippen LogP contribution >= 0.6 is 15.9 Å². The molecule has 4 heteroatoms. The van der Waals surface area contributed by atoms with Crippen molar-refractivity contribution in [1.29, 1.82) is 0 Å². The predicted octanol–water partition coefficient (Wildman–Crippen LogP) is 6.26. The zero-order chi connectivity index (χ0) is 20.7. The molecular formula is C26H32BrNO2. The molecule has 4 aliphatic rings. The van der Waals surface area contributed by atoms with Gasteiger partial charge in [0, 0.05) is 12.6 Å². The molecule has 2 aromatic rings. The maximum absolute atomic E-state index is 6.13. The molecule has 0 spiro atoms. The molecule has 0 amide bonds. The van der Waals surface area contributed by atoms with Gasteiger partial charge in [0.1, 0.15) is 6.61 Å². The topological polar surface area (TPSA) is 30.5 Å². The van der Waals surface area contributed by atoms with Crippen LogP contribution in [0.5, 0.6) is 11.5 Å². The molecule has 0 saturated heterocycles. The Morgan fingerprint density at radius 2 is 1.70 bits per heavy atom. The summed E-state index contributed by atoms with van der Waals surface area (Å²) in [6.45, 7) is 3.52. The van der Waals surface area contributed by atoms with Crippen LogP contribution in [0.25, 0.3) is 0 Å². The molecular weight excluding hydrogens is 438 g/mol. The standard InChI is InChI=1S/C26H32BrNO2/c1-16-4-3-5-17(6-16)15-30-26-23(27)12-20(13-24(26)29-2)14-28-25-21-8-18-7-19(10-21)11-22(25)9-18/h3-6,12-13,18-19,21-22,25,28H,7-11,14-15H2,1-2H3. The van der Waals surface area contributed by atoms with E-state index in [1.54, 1.807) is 7.11 Å². The van der Waals surface area contributed by atoms with Crippen molar-refractivity contribution in [2.75, 3.05) is 7.11 Å². The summed E-state index contributed by atoms with van der Waals surface area (Å²) in [4.78, 5) is 0. The summed E-state index contributed by atoms with van der Waals surface area (Å²) in [5, 5.41) is 3.93. The van der Waals surface area contributed by atoms with E-state index in [0.717, 1.165) is 51.8 Å². The van der Waals surface area contributed by atoms with Crippen molar-refractivity contribution in [2.24, 2.45) is 23.7 Å². The Kier molecular flexibility index (Phi) is 5.81. The Hall–Kier alpha value is -1.52. The van der Waals surface area contributed by atoms with E-state index in [-0.39, 0.29) is 0 Å². The smallest absolute Gasteiger partial charge is 0.175 e. The third-order valence-corrected chi connectivity index (χ3v) is 8.11. The van der Waals surface area contributed by atoms with Gasteiger partial charge in [-0.3, -0.25) is 0 Å². The Labute approximate surface area is 188 Å². The summed E-state index contributed by atoms with van der Waals surface area (Å²) in [7, 11) is 1.72. The maximum atomic E-state index is 6.13. The third-order valence-electron chi connectivity index (χ3n) is 7.52. The van der Waals surface area contributed by atoms with Gasteiger partial charge in [-0.15, -0.1) is 0 Å². The second-order valence-corrected chi connectivity index (χ2v) is 10.6. The highest BCUT2D eigenvalue weighted by Gasteiger charge is 2.47. The molecule has 4 bridgehead atoms. The van der Waals surface area contributed by atoms with Crippen molar-refractivity contribution >= 4 is 15.9 Å². The molecule has 160 valence electrons. The maximum Gasteiger partial charge on any atom is 0.175 e. The fourth-order valence-corrected chi connectivity index (χ4v) is 7.07. The molecule has 4 fully saturated rings. The van der Waals surface area contributed by atoms with E-state index in [9.17, 15) is 0 Å². The Bertz CT molecular complexity index is 884. The largest absolute Gasteiger partial charge is 0.493 e. The molecule has 3 nitrogen and oxygen atoms in total. The molecule has 0 heterocycles. The lowest BCUT2D eigenvalue weighted by Gasteiger charge is -2.54. The number of hydrogen-bond donors (Lipinski definition) is 1. The molecule has 0 unspecified atom stereocenters. The molecule has 0 atom stereocenters. The highest BCUT2D eigenvalue weighted by atomic mass is 79.9. The van der Waals surface area contributed by atoms with Gasteiger partial charge in [0.15, 0.2) is 11.5 Å². The van der Waals surface area contributed by atoms with E-state index < -0.39 is 0 Å². The van der Waals surface area contributed by atoms with E-state index in [1.807, 2.05) is 0 Å². The predicted molar refractivity (Wildman–Crippen MR) is 124 cm³/mol. The van der Waals surface area contributed by atoms with Crippen LogP contribution in [0.2, 0.25) is 0 Å². The molecule has 30 heavy (non-hydrogen) atoms. The first-order valence-electron chi connectivity index (χ1n) is 11.4. The van der Waals surface area contributed by atoms with Gasteiger partial charge in [-0.2, -0.15) is 0 Å². The first-order chi connectivity index (χ1) is 14.6. The SMILES string of the molecule is COc1cc(CNC2C3CC4CC(C3)CC2C4)cc(Br)c1OCc1cccc(C)c1. The van der Waals surface area contributed by atoms with Crippen LogP contribution in [-0.2, 0) is 13.2 Å².